The molecule has 0 aliphatic heterocycles. The van der Waals surface area contributed by atoms with Crippen LogP contribution in [0.2, 0.25) is 0 Å². The Morgan fingerprint density at radius 3 is 2.42 bits per heavy atom. The highest BCUT2D eigenvalue weighted by atomic mass is 32.2. The van der Waals surface area contributed by atoms with Crippen LogP contribution in [0, 0.1) is 0 Å². The van der Waals surface area contributed by atoms with Crippen molar-refractivity contribution in [1.29, 1.82) is 0 Å². The Bertz CT molecular complexity index is 561. The molecule has 0 heterocycles. The number of rotatable bonds is 3. The quantitative estimate of drug-likeness (QED) is 0.836. The first kappa shape index (κ1) is 14.2. The summed E-state index contributed by atoms with van der Waals surface area (Å²) >= 11 is 0. The van der Waals surface area contributed by atoms with Crippen LogP contribution in [-0.4, -0.2) is 20.2 Å². The summed E-state index contributed by atoms with van der Waals surface area (Å²) in [5.41, 5.74) is 7.08. The second-order valence-electron chi connectivity index (χ2n) is 5.74. The van der Waals surface area contributed by atoms with E-state index >= 15 is 0 Å². The zero-order valence-electron chi connectivity index (χ0n) is 11.6. The van der Waals surface area contributed by atoms with Crippen LogP contribution in [0.4, 0.5) is 11.4 Å². The minimum absolute atomic E-state index is 0.0164. The van der Waals surface area contributed by atoms with Gasteiger partial charge in [0.2, 0.25) is 0 Å². The predicted molar refractivity (Wildman–Crippen MR) is 79.1 cm³/mol. The van der Waals surface area contributed by atoms with Gasteiger partial charge in [-0.3, -0.25) is 0 Å². The van der Waals surface area contributed by atoms with Gasteiger partial charge in [0.05, 0.1) is 16.3 Å². The Morgan fingerprint density at radius 2 is 1.84 bits per heavy atom. The van der Waals surface area contributed by atoms with Crippen molar-refractivity contribution in [2.24, 2.45) is 0 Å². The van der Waals surface area contributed by atoms with E-state index in [1.807, 2.05) is 6.07 Å². The summed E-state index contributed by atoms with van der Waals surface area (Å²) in [6, 6.07) is 5.14. The van der Waals surface area contributed by atoms with Gasteiger partial charge < -0.3 is 11.1 Å². The van der Waals surface area contributed by atoms with Crippen molar-refractivity contribution in [2.45, 2.75) is 49.5 Å². The zero-order valence-corrected chi connectivity index (χ0v) is 12.4. The van der Waals surface area contributed by atoms with Crippen molar-refractivity contribution in [3.05, 3.63) is 18.2 Å². The molecule has 1 aromatic rings. The highest BCUT2D eigenvalue weighted by Crippen LogP contribution is 2.34. The fraction of sp³-hybridized carbons (Fsp3) is 0.571. The summed E-state index contributed by atoms with van der Waals surface area (Å²) < 4.78 is 23.3. The highest BCUT2D eigenvalue weighted by molar-refractivity contribution is 7.90. The van der Waals surface area contributed by atoms with E-state index in [2.05, 4.69) is 12.2 Å². The van der Waals surface area contributed by atoms with E-state index < -0.39 is 9.84 Å². The molecule has 19 heavy (non-hydrogen) atoms. The molecule has 1 saturated carbocycles. The lowest BCUT2D eigenvalue weighted by atomic mass is 9.83. The van der Waals surface area contributed by atoms with E-state index in [4.69, 9.17) is 5.73 Å². The van der Waals surface area contributed by atoms with Crippen molar-refractivity contribution in [3.63, 3.8) is 0 Å². The molecule has 0 radical (unpaired) electrons. The number of hydrogen-bond acceptors (Lipinski definition) is 4. The number of benzene rings is 1. The summed E-state index contributed by atoms with van der Waals surface area (Å²) in [5, 5.41) is 3.45. The van der Waals surface area contributed by atoms with Crippen LogP contribution in [0.1, 0.15) is 39.0 Å². The third-order valence-electron chi connectivity index (χ3n) is 3.86. The average molecular weight is 282 g/mol. The third kappa shape index (κ3) is 3.21. The van der Waals surface area contributed by atoms with E-state index in [0.29, 0.717) is 5.69 Å². The Labute approximate surface area is 115 Å². The number of nitrogen functional groups attached to an aromatic ring is 1. The predicted octanol–water partition coefficient (Wildman–Crippen LogP) is 2.81. The van der Waals surface area contributed by atoms with E-state index in [1.165, 1.54) is 25.5 Å². The maximum absolute atomic E-state index is 11.7. The van der Waals surface area contributed by atoms with E-state index in [-0.39, 0.29) is 10.4 Å². The van der Waals surface area contributed by atoms with Crippen molar-refractivity contribution in [2.75, 3.05) is 17.3 Å². The van der Waals surface area contributed by atoms with Crippen molar-refractivity contribution in [3.8, 4) is 0 Å². The fourth-order valence-electron chi connectivity index (χ4n) is 2.76. The smallest absolute Gasteiger partial charge is 0.177 e. The molecule has 1 aliphatic carbocycles. The Balaban J connectivity index is 2.31. The molecule has 1 fully saturated rings. The molecule has 4 nitrogen and oxygen atoms in total. The molecular formula is C14H22N2O2S. The minimum Gasteiger partial charge on any atom is -0.396 e. The van der Waals surface area contributed by atoms with Gasteiger partial charge in [0.15, 0.2) is 9.84 Å². The lowest BCUT2D eigenvalue weighted by Crippen LogP contribution is -2.37. The molecule has 0 bridgehead atoms. The molecule has 5 heteroatoms. The second kappa shape index (κ2) is 5.04. The first-order valence-corrected chi connectivity index (χ1v) is 8.58. The van der Waals surface area contributed by atoms with E-state index in [9.17, 15) is 8.42 Å². The number of sulfone groups is 1. The van der Waals surface area contributed by atoms with Gasteiger partial charge in [-0.2, -0.15) is 0 Å². The maximum atomic E-state index is 11.7. The number of para-hydroxylation sites is 1. The van der Waals surface area contributed by atoms with Gasteiger partial charge in [-0.25, -0.2) is 8.42 Å². The molecule has 2 rings (SSSR count). The molecule has 0 unspecified atom stereocenters. The average Bonchev–Trinajstić information content (AvgIpc) is 2.31. The van der Waals surface area contributed by atoms with Crippen LogP contribution < -0.4 is 11.1 Å². The van der Waals surface area contributed by atoms with Gasteiger partial charge in [-0.1, -0.05) is 25.3 Å². The SMILES string of the molecule is CC1(Nc2cccc(S(C)(=O)=O)c2N)CCCCC1. The molecule has 3 N–H and O–H groups in total. The summed E-state index contributed by atoms with van der Waals surface area (Å²) in [6.07, 6.45) is 7.05. The molecule has 1 aliphatic rings. The number of hydrogen-bond donors (Lipinski definition) is 2. The monoisotopic (exact) mass is 282 g/mol. The van der Waals surface area contributed by atoms with Gasteiger partial charge in [0, 0.05) is 11.8 Å². The minimum atomic E-state index is -3.28. The molecule has 0 atom stereocenters. The molecule has 0 aromatic heterocycles. The number of nitrogens with two attached hydrogens (primary N) is 1. The molecule has 0 amide bonds. The van der Waals surface area contributed by atoms with Gasteiger partial charge in [0.1, 0.15) is 0 Å². The molecular weight excluding hydrogens is 260 g/mol. The second-order valence-corrected chi connectivity index (χ2v) is 7.72. The first-order chi connectivity index (χ1) is 8.82. The first-order valence-electron chi connectivity index (χ1n) is 6.69. The number of nitrogens with one attached hydrogen (secondary N) is 1. The topological polar surface area (TPSA) is 72.2 Å². The largest absolute Gasteiger partial charge is 0.396 e. The van der Waals surface area contributed by atoms with Crippen LogP contribution >= 0.6 is 0 Å². The Morgan fingerprint density at radius 1 is 1.21 bits per heavy atom. The van der Waals surface area contributed by atoms with Gasteiger partial charge in [-0.05, 0) is 31.9 Å². The van der Waals surface area contributed by atoms with Gasteiger partial charge in [-0.15, -0.1) is 0 Å². The van der Waals surface area contributed by atoms with Gasteiger partial charge in [0.25, 0.3) is 0 Å². The summed E-state index contributed by atoms with van der Waals surface area (Å²) in [4.78, 5) is 0.205. The number of anilines is 2. The van der Waals surface area contributed by atoms with Crippen LogP contribution in [0.5, 0.6) is 0 Å². The lowest BCUT2D eigenvalue weighted by Gasteiger charge is -2.36. The van der Waals surface area contributed by atoms with Crippen LogP contribution in [0.3, 0.4) is 0 Å². The Hall–Kier alpha value is -1.23. The highest BCUT2D eigenvalue weighted by Gasteiger charge is 2.27. The zero-order chi connectivity index (χ0) is 14.1. The molecule has 0 spiro atoms. The van der Waals surface area contributed by atoms with E-state index in [1.54, 1.807) is 12.1 Å². The summed E-state index contributed by atoms with van der Waals surface area (Å²) in [7, 11) is -3.28. The lowest BCUT2D eigenvalue weighted by molar-refractivity contribution is 0.349. The normalized spacial score (nSPS) is 19.1. The standard InChI is InChI=1S/C14H22N2O2S/c1-14(9-4-3-5-10-14)16-11-7-6-8-12(13(11)15)19(2,17)18/h6-8,16H,3-5,9-10,15H2,1-2H3. The van der Waals surface area contributed by atoms with Crippen molar-refractivity contribution >= 4 is 21.2 Å². The summed E-state index contributed by atoms with van der Waals surface area (Å²) in [5.74, 6) is 0. The van der Waals surface area contributed by atoms with Crippen molar-refractivity contribution in [1.82, 2.24) is 0 Å². The summed E-state index contributed by atoms with van der Waals surface area (Å²) in [6.45, 7) is 2.18. The third-order valence-corrected chi connectivity index (χ3v) is 5.01. The Kier molecular flexibility index (Phi) is 3.76. The molecule has 106 valence electrons. The van der Waals surface area contributed by atoms with Gasteiger partial charge >= 0.3 is 0 Å². The van der Waals surface area contributed by atoms with Crippen molar-refractivity contribution < 1.29 is 8.42 Å². The van der Waals surface area contributed by atoms with Crippen LogP contribution in [0.25, 0.3) is 0 Å². The maximum Gasteiger partial charge on any atom is 0.177 e. The van der Waals surface area contributed by atoms with Crippen LogP contribution in [0.15, 0.2) is 23.1 Å². The molecule has 0 saturated heterocycles. The molecule has 1 aromatic carbocycles. The van der Waals surface area contributed by atoms with Crippen LogP contribution in [-0.2, 0) is 9.84 Å². The van der Waals surface area contributed by atoms with E-state index in [0.717, 1.165) is 18.5 Å². The fourth-order valence-corrected chi connectivity index (χ4v) is 3.59.